The van der Waals surface area contributed by atoms with Gasteiger partial charge in [-0.15, -0.1) is 18.1 Å². The Morgan fingerprint density at radius 1 is 0.833 bits per heavy atom. The van der Waals surface area contributed by atoms with E-state index < -0.39 is 0 Å². The Kier molecular flexibility index (Phi) is 11.5. The molecule has 2 aromatic carbocycles. The van der Waals surface area contributed by atoms with Crippen LogP contribution in [0, 0.1) is 20.8 Å². The molecular formula is C32H42FeN3-. The van der Waals surface area contributed by atoms with Gasteiger partial charge in [0, 0.05) is 40.7 Å². The number of aromatic nitrogens is 1. The fraction of sp³-hybridized carbons (Fsp3) is 0.406. The summed E-state index contributed by atoms with van der Waals surface area (Å²) < 4.78 is 0. The second kappa shape index (κ2) is 13.1. The van der Waals surface area contributed by atoms with Crippen LogP contribution in [0.3, 0.4) is 0 Å². The van der Waals surface area contributed by atoms with E-state index in [2.05, 4.69) is 109 Å². The third-order valence-electron chi connectivity index (χ3n) is 5.88. The molecule has 0 unspecified atom stereocenters. The van der Waals surface area contributed by atoms with Crippen LogP contribution in [0.2, 0.25) is 0 Å². The fourth-order valence-electron chi connectivity index (χ4n) is 3.84. The minimum absolute atomic E-state index is 0. The second-order valence-corrected chi connectivity index (χ2v) is 11.3. The third kappa shape index (κ3) is 9.15. The maximum absolute atomic E-state index is 4.85. The average molecular weight is 525 g/mol. The van der Waals surface area contributed by atoms with E-state index in [0.29, 0.717) is 0 Å². The molecule has 3 aromatic rings. The zero-order valence-electron chi connectivity index (χ0n) is 23.9. The predicted octanol–water partition coefficient (Wildman–Crippen LogP) is 9.03. The molecule has 0 N–H and O–H groups in total. The number of hydrogen-bond acceptors (Lipinski definition) is 3. The molecule has 0 aliphatic carbocycles. The van der Waals surface area contributed by atoms with Crippen molar-refractivity contribution >= 4 is 23.3 Å². The van der Waals surface area contributed by atoms with Crippen molar-refractivity contribution in [3.63, 3.8) is 0 Å². The number of nitrogens with zero attached hydrogens (tertiary/aromatic N) is 3. The molecule has 0 bridgehead atoms. The van der Waals surface area contributed by atoms with E-state index in [0.717, 1.165) is 22.6 Å². The fourth-order valence-corrected chi connectivity index (χ4v) is 3.84. The number of aryl methyl sites for hydroxylation is 3. The van der Waals surface area contributed by atoms with Crippen LogP contribution >= 0.6 is 0 Å². The second-order valence-electron chi connectivity index (χ2n) is 11.3. The zero-order valence-corrected chi connectivity index (χ0v) is 25.0. The maximum Gasteiger partial charge on any atom is 0.0638 e. The van der Waals surface area contributed by atoms with E-state index in [-0.39, 0.29) is 27.9 Å². The first-order valence-corrected chi connectivity index (χ1v) is 12.3. The van der Waals surface area contributed by atoms with Crippen LogP contribution in [0.5, 0.6) is 0 Å². The van der Waals surface area contributed by atoms with Gasteiger partial charge in [0.2, 0.25) is 0 Å². The number of pyridine rings is 1. The molecule has 0 aliphatic rings. The normalized spacial score (nSPS) is 12.1. The van der Waals surface area contributed by atoms with Gasteiger partial charge < -0.3 is 4.99 Å². The molecule has 1 heterocycles. The first-order chi connectivity index (χ1) is 16.2. The van der Waals surface area contributed by atoms with Gasteiger partial charge in [0.05, 0.1) is 5.69 Å². The van der Waals surface area contributed by atoms with E-state index >= 15 is 0 Å². The first-order valence-electron chi connectivity index (χ1n) is 12.3. The van der Waals surface area contributed by atoms with Crippen LogP contribution in [0.1, 0.15) is 88.8 Å². The summed E-state index contributed by atoms with van der Waals surface area (Å²) in [5, 5.41) is 0. The summed E-state index contributed by atoms with van der Waals surface area (Å²) >= 11 is 0. The van der Waals surface area contributed by atoms with E-state index in [1.165, 1.54) is 27.8 Å². The molecule has 1 aromatic heterocycles. The van der Waals surface area contributed by atoms with Crippen molar-refractivity contribution in [3.05, 3.63) is 88.2 Å². The summed E-state index contributed by atoms with van der Waals surface area (Å²) in [5.41, 5.74) is 10.7. The third-order valence-corrected chi connectivity index (χ3v) is 5.88. The van der Waals surface area contributed by atoms with E-state index in [1.54, 1.807) is 6.20 Å². The molecule has 3 nitrogen and oxygen atoms in total. The molecule has 0 spiro atoms. The Labute approximate surface area is 230 Å². The molecular weight excluding hydrogens is 482 g/mol. The molecule has 0 saturated heterocycles. The Balaban J connectivity index is 0.000000422. The van der Waals surface area contributed by atoms with Crippen LogP contribution in [0.15, 0.2) is 64.8 Å². The number of rotatable bonds is 3. The number of benzene rings is 2. The van der Waals surface area contributed by atoms with Gasteiger partial charge in [0.25, 0.3) is 0 Å². The van der Waals surface area contributed by atoms with Crippen molar-refractivity contribution in [1.82, 2.24) is 4.98 Å². The number of aliphatic imine (C=N–C) groups is 2. The van der Waals surface area contributed by atoms with Gasteiger partial charge in [-0.1, -0.05) is 90.9 Å². The van der Waals surface area contributed by atoms with Crippen LogP contribution < -0.4 is 0 Å². The van der Waals surface area contributed by atoms with Gasteiger partial charge in [-0.25, -0.2) is 0 Å². The molecule has 3 rings (SSSR count). The molecule has 0 atom stereocenters. The molecule has 0 saturated carbocycles. The smallest absolute Gasteiger partial charge is 0.0638 e. The number of hydrogen-bond donors (Lipinski definition) is 0. The van der Waals surface area contributed by atoms with Crippen molar-refractivity contribution in [2.45, 2.75) is 87.0 Å². The molecule has 194 valence electrons. The van der Waals surface area contributed by atoms with Crippen molar-refractivity contribution < 1.29 is 17.1 Å². The summed E-state index contributed by atoms with van der Waals surface area (Å²) in [6.07, 6.45) is 6.45. The molecule has 0 amide bonds. The maximum atomic E-state index is 4.85. The molecule has 4 heteroatoms. The van der Waals surface area contributed by atoms with Gasteiger partial charge in [-0.05, 0) is 54.0 Å². The summed E-state index contributed by atoms with van der Waals surface area (Å²) in [5.74, 6) is 0. The van der Waals surface area contributed by atoms with Gasteiger partial charge >= 0.3 is 0 Å². The molecule has 0 fully saturated rings. The monoisotopic (exact) mass is 524 g/mol. The zero-order chi connectivity index (χ0) is 26.4. The van der Waals surface area contributed by atoms with Crippen molar-refractivity contribution in [3.8, 4) is 0 Å². The van der Waals surface area contributed by atoms with E-state index in [9.17, 15) is 0 Å². The van der Waals surface area contributed by atoms with Gasteiger partial charge in [-0.3, -0.25) is 9.98 Å². The van der Waals surface area contributed by atoms with E-state index in [1.807, 2.05) is 32.2 Å². The Hall–Kier alpha value is -2.55. The molecule has 0 radical (unpaired) electrons. The largest absolute Gasteiger partial charge is 0.456 e. The van der Waals surface area contributed by atoms with Gasteiger partial charge in [-0.2, -0.15) is 6.21 Å². The first kappa shape index (κ1) is 31.5. The van der Waals surface area contributed by atoms with Crippen molar-refractivity contribution in [1.29, 1.82) is 0 Å². The van der Waals surface area contributed by atoms with Crippen molar-refractivity contribution in [2.24, 2.45) is 9.98 Å². The minimum Gasteiger partial charge on any atom is -0.456 e. The summed E-state index contributed by atoms with van der Waals surface area (Å²) in [6.45, 7) is 23.6. The quantitative estimate of drug-likeness (QED) is 0.191. The Morgan fingerprint density at radius 2 is 1.36 bits per heavy atom. The predicted molar refractivity (Wildman–Crippen MR) is 153 cm³/mol. The standard InChI is InChI=1S/C21H28N2.C11H14N.Fe/c1-15(16-9-8-10-22-14-16)23-19-12-17(20(2,3)4)11-18(13-19)21(5,6)7;1-5-12-11-9(3)6-8(2)7-10(11)4;/h8-14H,1-7H3;6-7H,1-4H3;/q;-1;. The molecule has 36 heavy (non-hydrogen) atoms. The van der Waals surface area contributed by atoms with Crippen LogP contribution in [-0.2, 0) is 27.9 Å². The average Bonchev–Trinajstić information content (AvgIpc) is 2.76. The van der Waals surface area contributed by atoms with Crippen LogP contribution in [0.4, 0.5) is 11.4 Å². The Morgan fingerprint density at radius 3 is 1.78 bits per heavy atom. The summed E-state index contributed by atoms with van der Waals surface area (Å²) in [7, 11) is 0. The topological polar surface area (TPSA) is 37.6 Å². The Bertz CT molecular complexity index is 1140. The van der Waals surface area contributed by atoms with E-state index in [4.69, 9.17) is 4.99 Å². The van der Waals surface area contributed by atoms with Gasteiger partial charge in [0.1, 0.15) is 0 Å². The SMILES string of the molecule is CC(=Nc1cc(C(C)(C)C)cc(C(C)(C)C)c1)c1cccnc1.C[C-]=Nc1c(C)cc(C)cc1C.[Fe]. The van der Waals surface area contributed by atoms with Gasteiger partial charge in [0.15, 0.2) is 0 Å². The summed E-state index contributed by atoms with van der Waals surface area (Å²) in [6, 6.07) is 15.0. The van der Waals surface area contributed by atoms with Crippen LogP contribution in [-0.4, -0.2) is 16.9 Å². The molecule has 0 aliphatic heterocycles. The summed E-state index contributed by atoms with van der Waals surface area (Å²) in [4.78, 5) is 13.2. The van der Waals surface area contributed by atoms with Crippen molar-refractivity contribution in [2.75, 3.05) is 0 Å². The van der Waals surface area contributed by atoms with Crippen LogP contribution in [0.25, 0.3) is 0 Å². The minimum atomic E-state index is 0.